The molecular formula is C25H41N3O5S. The number of hydrogen-bond acceptors (Lipinski definition) is 7. The summed E-state index contributed by atoms with van der Waals surface area (Å²) in [6.07, 6.45) is 3.29. The molecule has 2 N–H and O–H groups in total. The first-order valence-electron chi connectivity index (χ1n) is 12.3. The highest BCUT2D eigenvalue weighted by Gasteiger charge is 2.36. The number of piperidine rings is 1. The Hall–Kier alpha value is -1.84. The lowest BCUT2D eigenvalue weighted by atomic mass is 9.83. The maximum Gasteiger partial charge on any atom is 0.355 e. The lowest BCUT2D eigenvalue weighted by Crippen LogP contribution is -2.48. The molecule has 0 saturated carbocycles. The van der Waals surface area contributed by atoms with E-state index in [9.17, 15) is 19.5 Å². The zero-order valence-corrected chi connectivity index (χ0v) is 22.2. The van der Waals surface area contributed by atoms with Crippen LogP contribution in [-0.2, 0) is 9.59 Å². The highest BCUT2D eigenvalue weighted by atomic mass is 32.1. The Labute approximate surface area is 207 Å². The number of likely N-dealkylation sites (tertiary alicyclic amines) is 1. The van der Waals surface area contributed by atoms with Gasteiger partial charge in [-0.2, -0.15) is 0 Å². The number of thiazole rings is 1. The van der Waals surface area contributed by atoms with Gasteiger partial charge in [0.15, 0.2) is 11.5 Å². The molecule has 1 unspecified atom stereocenters. The molecule has 5 atom stereocenters. The van der Waals surface area contributed by atoms with Crippen LogP contribution in [0.1, 0.15) is 87.8 Å². The number of Topliss-reactive ketones (excluding diaryl/α,β-unsaturated/α-hetero) is 1. The quantitative estimate of drug-likeness (QED) is 0.453. The third kappa shape index (κ3) is 7.09. The fourth-order valence-corrected chi connectivity index (χ4v) is 5.61. The standard InChI is InChI=1S/C25H41N3O5S/c1-7-16(4)17(12-21(29)19-10-8-9-11-27(19)5)24(31)28(6)20(15(2)3)13-22(30)23-26-18(14-34-23)25(32)33/h14-17,19-20,22,30H,7-13H2,1-6H3,(H,32,33)/t16-,17-,19?,20+,22+/m0/s1. The van der Waals surface area contributed by atoms with Crippen molar-refractivity contribution in [3.05, 3.63) is 16.1 Å². The SMILES string of the molecule is CC[C@H](C)[C@H](CC(=O)C1CCCCN1C)C(=O)N(C)[C@H](C[C@@H](O)c1nc(C(=O)O)cs1)C(C)C. The van der Waals surface area contributed by atoms with E-state index < -0.39 is 18.0 Å². The van der Waals surface area contributed by atoms with Crippen LogP contribution in [0.5, 0.6) is 0 Å². The van der Waals surface area contributed by atoms with Crippen molar-refractivity contribution in [3.63, 3.8) is 0 Å². The van der Waals surface area contributed by atoms with E-state index in [1.807, 2.05) is 34.7 Å². The topological polar surface area (TPSA) is 111 Å². The third-order valence-electron chi connectivity index (χ3n) is 7.32. The molecule has 2 heterocycles. The van der Waals surface area contributed by atoms with E-state index in [1.54, 1.807) is 11.9 Å². The Kier molecular flexibility index (Phi) is 10.6. The van der Waals surface area contributed by atoms with Gasteiger partial charge in [0.1, 0.15) is 11.1 Å². The van der Waals surface area contributed by atoms with Crippen LogP contribution in [0.2, 0.25) is 0 Å². The van der Waals surface area contributed by atoms with Gasteiger partial charge in [0, 0.05) is 37.2 Å². The van der Waals surface area contributed by atoms with Crippen LogP contribution in [0.3, 0.4) is 0 Å². The summed E-state index contributed by atoms with van der Waals surface area (Å²) in [6.45, 7) is 8.95. The normalized spacial score (nSPS) is 20.5. The molecule has 1 amide bonds. The van der Waals surface area contributed by atoms with E-state index in [0.717, 1.165) is 43.6 Å². The number of aromatic nitrogens is 1. The summed E-state index contributed by atoms with van der Waals surface area (Å²) in [5, 5.41) is 21.6. The molecule has 34 heavy (non-hydrogen) atoms. The lowest BCUT2D eigenvalue weighted by Gasteiger charge is -2.37. The molecule has 2 rings (SSSR count). The highest BCUT2D eigenvalue weighted by Crippen LogP contribution is 2.30. The maximum absolute atomic E-state index is 13.7. The van der Waals surface area contributed by atoms with Crippen molar-refractivity contribution >= 4 is 29.0 Å². The van der Waals surface area contributed by atoms with Crippen molar-refractivity contribution in [1.29, 1.82) is 0 Å². The van der Waals surface area contributed by atoms with Crippen LogP contribution < -0.4 is 0 Å². The molecule has 1 fully saturated rings. The molecule has 1 aliphatic heterocycles. The molecule has 0 spiro atoms. The van der Waals surface area contributed by atoms with Gasteiger partial charge in [-0.05, 0) is 38.3 Å². The van der Waals surface area contributed by atoms with Crippen molar-refractivity contribution in [2.24, 2.45) is 17.8 Å². The van der Waals surface area contributed by atoms with Gasteiger partial charge in [-0.1, -0.05) is 40.5 Å². The smallest absolute Gasteiger partial charge is 0.355 e. The second-order valence-electron chi connectivity index (χ2n) is 10.0. The van der Waals surface area contributed by atoms with Gasteiger partial charge in [0.2, 0.25) is 5.91 Å². The number of rotatable bonds is 12. The van der Waals surface area contributed by atoms with Crippen LogP contribution in [0, 0.1) is 17.8 Å². The number of carboxylic acids is 1. The Morgan fingerprint density at radius 3 is 2.47 bits per heavy atom. The van der Waals surface area contributed by atoms with E-state index in [1.165, 1.54) is 5.38 Å². The van der Waals surface area contributed by atoms with Crippen molar-refractivity contribution in [2.45, 2.75) is 84.4 Å². The van der Waals surface area contributed by atoms with Crippen LogP contribution in [0.4, 0.5) is 0 Å². The summed E-state index contributed by atoms with van der Waals surface area (Å²) < 4.78 is 0. The number of likely N-dealkylation sites (N-methyl/N-ethyl adjacent to an activating group) is 1. The largest absolute Gasteiger partial charge is 0.476 e. The summed E-state index contributed by atoms with van der Waals surface area (Å²) in [7, 11) is 3.73. The van der Waals surface area contributed by atoms with Gasteiger partial charge in [-0.15, -0.1) is 11.3 Å². The molecule has 0 aromatic carbocycles. The number of aromatic carboxylic acids is 1. The monoisotopic (exact) mass is 495 g/mol. The number of nitrogens with zero attached hydrogens (tertiary/aromatic N) is 3. The van der Waals surface area contributed by atoms with Crippen LogP contribution in [-0.4, -0.2) is 75.4 Å². The van der Waals surface area contributed by atoms with E-state index in [2.05, 4.69) is 9.88 Å². The molecule has 8 nitrogen and oxygen atoms in total. The van der Waals surface area contributed by atoms with Crippen molar-refractivity contribution in [3.8, 4) is 0 Å². The van der Waals surface area contributed by atoms with Gasteiger partial charge in [0.05, 0.1) is 6.04 Å². The van der Waals surface area contributed by atoms with E-state index in [4.69, 9.17) is 5.11 Å². The number of hydrogen-bond donors (Lipinski definition) is 2. The summed E-state index contributed by atoms with van der Waals surface area (Å²) >= 11 is 1.10. The zero-order chi connectivity index (χ0) is 25.6. The number of carboxylic acid groups (broad SMARTS) is 1. The molecule has 0 aliphatic carbocycles. The summed E-state index contributed by atoms with van der Waals surface area (Å²) in [5.74, 6) is -1.36. The van der Waals surface area contributed by atoms with Gasteiger partial charge in [-0.3, -0.25) is 14.5 Å². The molecule has 1 saturated heterocycles. The Morgan fingerprint density at radius 2 is 1.94 bits per heavy atom. The summed E-state index contributed by atoms with van der Waals surface area (Å²) in [4.78, 5) is 45.8. The van der Waals surface area contributed by atoms with Crippen LogP contribution in [0.25, 0.3) is 0 Å². The molecule has 0 radical (unpaired) electrons. The number of aliphatic hydroxyl groups is 1. The number of amides is 1. The molecule has 1 aromatic rings. The second-order valence-corrected chi connectivity index (χ2v) is 10.9. The molecule has 9 heteroatoms. The number of aliphatic hydroxyl groups excluding tert-OH is 1. The fourth-order valence-electron chi connectivity index (χ4n) is 4.82. The predicted octanol–water partition coefficient (Wildman–Crippen LogP) is 3.85. The van der Waals surface area contributed by atoms with Crippen LogP contribution in [0.15, 0.2) is 5.38 Å². The number of carbonyl (C=O) groups is 3. The first-order valence-corrected chi connectivity index (χ1v) is 13.2. The number of carbonyl (C=O) groups excluding carboxylic acids is 2. The Bertz CT molecular complexity index is 842. The number of ketones is 1. The van der Waals surface area contributed by atoms with E-state index >= 15 is 0 Å². The van der Waals surface area contributed by atoms with E-state index in [-0.39, 0.29) is 54.1 Å². The zero-order valence-electron chi connectivity index (χ0n) is 21.4. The van der Waals surface area contributed by atoms with Gasteiger partial charge in [0.25, 0.3) is 0 Å². The second kappa shape index (κ2) is 12.7. The van der Waals surface area contributed by atoms with Crippen LogP contribution >= 0.6 is 11.3 Å². The van der Waals surface area contributed by atoms with Crippen molar-refractivity contribution < 1.29 is 24.6 Å². The molecule has 0 bridgehead atoms. The first kappa shape index (κ1) is 28.4. The van der Waals surface area contributed by atoms with Crippen molar-refractivity contribution in [2.75, 3.05) is 20.6 Å². The molecule has 192 valence electrons. The minimum absolute atomic E-state index is 0.0558. The first-order chi connectivity index (χ1) is 16.0. The maximum atomic E-state index is 13.7. The lowest BCUT2D eigenvalue weighted by molar-refractivity contribution is -0.143. The molecular weight excluding hydrogens is 454 g/mol. The minimum Gasteiger partial charge on any atom is -0.476 e. The average Bonchev–Trinajstić information content (AvgIpc) is 3.30. The predicted molar refractivity (Wildman–Crippen MR) is 133 cm³/mol. The van der Waals surface area contributed by atoms with Crippen molar-refractivity contribution in [1.82, 2.24) is 14.8 Å². The Balaban J connectivity index is 2.16. The average molecular weight is 496 g/mol. The van der Waals surface area contributed by atoms with Gasteiger partial charge >= 0.3 is 5.97 Å². The Morgan fingerprint density at radius 1 is 1.26 bits per heavy atom. The van der Waals surface area contributed by atoms with E-state index in [0.29, 0.717) is 5.01 Å². The fraction of sp³-hybridized carbons (Fsp3) is 0.760. The minimum atomic E-state index is -1.13. The summed E-state index contributed by atoms with van der Waals surface area (Å²) in [6, 6.07) is -0.395. The highest BCUT2D eigenvalue weighted by molar-refractivity contribution is 7.09. The van der Waals surface area contributed by atoms with Gasteiger partial charge in [-0.25, -0.2) is 9.78 Å². The summed E-state index contributed by atoms with van der Waals surface area (Å²) in [5.41, 5.74) is -0.0902. The molecule has 1 aromatic heterocycles. The third-order valence-corrected chi connectivity index (χ3v) is 8.26. The van der Waals surface area contributed by atoms with Gasteiger partial charge < -0.3 is 15.1 Å². The molecule has 1 aliphatic rings.